The Morgan fingerprint density at radius 1 is 1.67 bits per heavy atom. The van der Waals surface area contributed by atoms with Crippen LogP contribution in [0.4, 0.5) is 0 Å². The number of hydrogen-bond acceptors (Lipinski definition) is 3. The van der Waals surface area contributed by atoms with Gasteiger partial charge in [-0.2, -0.15) is 5.26 Å². The zero-order valence-corrected chi connectivity index (χ0v) is 7.06. The predicted octanol–water partition coefficient (Wildman–Crippen LogP) is 1.90. The summed E-state index contributed by atoms with van der Waals surface area (Å²) in [6.45, 7) is 1.78. The first-order valence-electron chi connectivity index (χ1n) is 3.87. The molecule has 0 heterocycles. The van der Waals surface area contributed by atoms with Crippen LogP contribution in [0.25, 0.3) is 0 Å². The first-order valence-corrected chi connectivity index (χ1v) is 3.87. The predicted molar refractivity (Wildman–Crippen MR) is 45.1 cm³/mol. The molecule has 0 aliphatic heterocycles. The molecule has 1 unspecified atom stereocenters. The van der Waals surface area contributed by atoms with Crippen molar-refractivity contribution in [1.82, 2.24) is 0 Å². The van der Waals surface area contributed by atoms with Crippen LogP contribution in [0.2, 0.25) is 0 Å². The molecule has 0 amide bonds. The van der Waals surface area contributed by atoms with Crippen molar-refractivity contribution in [2.24, 2.45) is 0 Å². The summed E-state index contributed by atoms with van der Waals surface area (Å²) in [5.74, 6) is 0. The lowest BCUT2D eigenvalue weighted by Crippen LogP contribution is -2.16. The average Bonchev–Trinajstić information content (AvgIpc) is 2.04. The summed E-state index contributed by atoms with van der Waals surface area (Å²) in [5.41, 5.74) is 0. The van der Waals surface area contributed by atoms with E-state index in [9.17, 15) is 10.1 Å². The fraction of sp³-hybridized carbons (Fsp3) is 0.625. The van der Waals surface area contributed by atoms with Gasteiger partial charge in [-0.15, -0.1) is 0 Å². The zero-order chi connectivity index (χ0) is 9.40. The highest BCUT2D eigenvalue weighted by Crippen LogP contribution is 2.03. The van der Waals surface area contributed by atoms with Crippen molar-refractivity contribution in [2.45, 2.75) is 32.2 Å². The summed E-state index contributed by atoms with van der Waals surface area (Å²) >= 11 is 0. The van der Waals surface area contributed by atoms with Crippen molar-refractivity contribution >= 4 is 0 Å². The van der Waals surface area contributed by atoms with E-state index < -0.39 is 6.04 Å². The Morgan fingerprint density at radius 2 is 2.33 bits per heavy atom. The Hall–Kier alpha value is -1.37. The normalized spacial score (nSPS) is 12.7. The van der Waals surface area contributed by atoms with Crippen molar-refractivity contribution in [2.75, 3.05) is 0 Å². The molecule has 4 nitrogen and oxygen atoms in total. The first-order chi connectivity index (χ1) is 5.72. The van der Waals surface area contributed by atoms with Gasteiger partial charge in [0, 0.05) is 17.8 Å². The van der Waals surface area contributed by atoms with Crippen LogP contribution in [0.5, 0.6) is 0 Å². The van der Waals surface area contributed by atoms with Crippen LogP contribution in [-0.4, -0.2) is 11.0 Å². The standard InChI is InChI=1S/C8H12N2O2/c1-2-8(10(11)12)6-4-3-5-7-9/h3-4,8H,2,5-6H2,1H3/b4-3+. The van der Waals surface area contributed by atoms with Crippen molar-refractivity contribution in [3.8, 4) is 6.07 Å². The smallest absolute Gasteiger partial charge is 0.216 e. The van der Waals surface area contributed by atoms with E-state index in [1.54, 1.807) is 19.1 Å². The van der Waals surface area contributed by atoms with E-state index in [1.165, 1.54) is 0 Å². The van der Waals surface area contributed by atoms with Gasteiger partial charge in [-0.3, -0.25) is 10.1 Å². The van der Waals surface area contributed by atoms with Crippen molar-refractivity contribution < 1.29 is 4.92 Å². The minimum atomic E-state index is -0.500. The summed E-state index contributed by atoms with van der Waals surface area (Å²) in [6.07, 6.45) is 4.63. The second-order valence-electron chi connectivity index (χ2n) is 2.42. The van der Waals surface area contributed by atoms with E-state index in [0.29, 0.717) is 19.3 Å². The third-order valence-electron chi connectivity index (χ3n) is 1.55. The van der Waals surface area contributed by atoms with Gasteiger partial charge >= 0.3 is 0 Å². The maximum absolute atomic E-state index is 10.3. The summed E-state index contributed by atoms with van der Waals surface area (Å²) in [4.78, 5) is 10.0. The van der Waals surface area contributed by atoms with Gasteiger partial charge in [-0.05, 0) is 0 Å². The van der Waals surface area contributed by atoms with Gasteiger partial charge in [0.15, 0.2) is 0 Å². The second kappa shape index (κ2) is 6.35. The number of rotatable bonds is 5. The molecule has 0 bridgehead atoms. The number of nitrogens with zero attached hydrogens (tertiary/aromatic N) is 2. The fourth-order valence-corrected chi connectivity index (χ4v) is 0.791. The summed E-state index contributed by atoms with van der Waals surface area (Å²) < 4.78 is 0. The van der Waals surface area contributed by atoms with Crippen LogP contribution in [0, 0.1) is 21.4 Å². The molecule has 0 aromatic rings. The molecular weight excluding hydrogens is 156 g/mol. The van der Waals surface area contributed by atoms with Crippen LogP contribution in [0.1, 0.15) is 26.2 Å². The van der Waals surface area contributed by atoms with Gasteiger partial charge in [-0.25, -0.2) is 0 Å². The fourth-order valence-electron chi connectivity index (χ4n) is 0.791. The molecule has 12 heavy (non-hydrogen) atoms. The average molecular weight is 168 g/mol. The molecule has 0 rings (SSSR count). The molecule has 0 saturated heterocycles. The Balaban J connectivity index is 3.74. The quantitative estimate of drug-likeness (QED) is 0.357. The van der Waals surface area contributed by atoms with Gasteiger partial charge in [0.2, 0.25) is 6.04 Å². The van der Waals surface area contributed by atoms with Gasteiger partial charge < -0.3 is 0 Å². The number of hydrogen-bond donors (Lipinski definition) is 0. The minimum absolute atomic E-state index is 0.281. The molecule has 0 aromatic carbocycles. The molecule has 0 aliphatic rings. The minimum Gasteiger partial charge on any atom is -0.264 e. The van der Waals surface area contributed by atoms with Crippen LogP contribution >= 0.6 is 0 Å². The topological polar surface area (TPSA) is 66.9 Å². The van der Waals surface area contributed by atoms with Crippen LogP contribution in [-0.2, 0) is 0 Å². The van der Waals surface area contributed by atoms with E-state index in [4.69, 9.17) is 5.26 Å². The van der Waals surface area contributed by atoms with Crippen molar-refractivity contribution in [3.63, 3.8) is 0 Å². The van der Waals surface area contributed by atoms with E-state index in [0.717, 1.165) is 0 Å². The van der Waals surface area contributed by atoms with E-state index in [1.807, 2.05) is 6.07 Å². The third kappa shape index (κ3) is 4.45. The SMILES string of the molecule is CCC(C/C=C/CC#N)[N+](=O)[O-]. The van der Waals surface area contributed by atoms with Crippen LogP contribution in [0.3, 0.4) is 0 Å². The molecule has 4 heteroatoms. The molecule has 0 radical (unpaired) electrons. The van der Waals surface area contributed by atoms with Gasteiger partial charge in [0.25, 0.3) is 0 Å². The molecule has 0 aromatic heterocycles. The lowest BCUT2D eigenvalue weighted by atomic mass is 10.1. The maximum Gasteiger partial charge on any atom is 0.216 e. The summed E-state index contributed by atoms with van der Waals surface area (Å²) in [6, 6.07) is 1.43. The molecule has 0 saturated carbocycles. The molecule has 66 valence electrons. The van der Waals surface area contributed by atoms with Crippen LogP contribution < -0.4 is 0 Å². The Labute approximate surface area is 71.6 Å². The summed E-state index contributed by atoms with van der Waals surface area (Å²) in [7, 11) is 0. The highest BCUT2D eigenvalue weighted by molar-refractivity contribution is 4.91. The Kier molecular flexibility index (Phi) is 5.62. The highest BCUT2D eigenvalue weighted by atomic mass is 16.6. The molecule has 0 N–H and O–H groups in total. The van der Waals surface area contributed by atoms with Crippen molar-refractivity contribution in [3.05, 3.63) is 22.3 Å². The molecule has 0 fully saturated rings. The second-order valence-corrected chi connectivity index (χ2v) is 2.42. The molecular formula is C8H12N2O2. The largest absolute Gasteiger partial charge is 0.264 e. The Bertz CT molecular complexity index is 206. The van der Waals surface area contributed by atoms with Gasteiger partial charge in [0.1, 0.15) is 0 Å². The number of nitro groups is 1. The Morgan fingerprint density at radius 3 is 2.75 bits per heavy atom. The van der Waals surface area contributed by atoms with E-state index in [-0.39, 0.29) is 4.92 Å². The van der Waals surface area contributed by atoms with Gasteiger partial charge in [-0.1, -0.05) is 19.1 Å². The van der Waals surface area contributed by atoms with Crippen molar-refractivity contribution in [1.29, 1.82) is 5.26 Å². The molecule has 1 atom stereocenters. The zero-order valence-electron chi connectivity index (χ0n) is 7.06. The maximum atomic E-state index is 10.3. The summed E-state index contributed by atoms with van der Waals surface area (Å²) in [5, 5.41) is 18.5. The third-order valence-corrected chi connectivity index (χ3v) is 1.55. The number of nitriles is 1. The molecule has 0 spiro atoms. The highest BCUT2D eigenvalue weighted by Gasteiger charge is 2.13. The molecule has 0 aliphatic carbocycles. The number of allylic oxidation sites excluding steroid dienone is 1. The van der Waals surface area contributed by atoms with E-state index in [2.05, 4.69) is 0 Å². The lowest BCUT2D eigenvalue weighted by molar-refractivity contribution is -0.521. The van der Waals surface area contributed by atoms with Crippen LogP contribution in [0.15, 0.2) is 12.2 Å². The van der Waals surface area contributed by atoms with E-state index >= 15 is 0 Å². The monoisotopic (exact) mass is 168 g/mol. The first kappa shape index (κ1) is 10.6. The lowest BCUT2D eigenvalue weighted by Gasteiger charge is -2.01. The van der Waals surface area contributed by atoms with Gasteiger partial charge in [0.05, 0.1) is 12.5 Å².